The third-order valence-electron chi connectivity index (χ3n) is 7.06. The first kappa shape index (κ1) is 29.3. The maximum atomic E-state index is 13.6. The molecule has 0 aliphatic carbocycles. The first-order valence-electron chi connectivity index (χ1n) is 13.4. The summed E-state index contributed by atoms with van der Waals surface area (Å²) in [4.78, 5) is 30.2. The second-order valence-corrected chi connectivity index (χ2v) is 10.9. The summed E-state index contributed by atoms with van der Waals surface area (Å²) in [7, 11) is 6.53. The minimum atomic E-state index is -0.210. The van der Waals surface area contributed by atoms with E-state index in [9.17, 15) is 9.59 Å². The van der Waals surface area contributed by atoms with Crippen molar-refractivity contribution in [3.8, 4) is 11.5 Å². The van der Waals surface area contributed by atoms with Gasteiger partial charge >= 0.3 is 0 Å². The first-order chi connectivity index (χ1) is 19.2. The Balaban J connectivity index is 1.70. The summed E-state index contributed by atoms with van der Waals surface area (Å²) in [6.45, 7) is 4.02. The topological polar surface area (TPSA) is 74.3 Å². The zero-order valence-corrected chi connectivity index (χ0v) is 25.4. The number of nitrogens with one attached hydrogen (secondary N) is 1. The molecule has 2 amide bonds. The molecule has 0 radical (unpaired) electrons. The second kappa shape index (κ2) is 13.1. The molecule has 9 heteroatoms. The van der Waals surface area contributed by atoms with Gasteiger partial charge in [0.25, 0.3) is 5.91 Å². The molecule has 1 N–H and O–H groups in total. The maximum Gasteiger partial charge on any atom is 0.257 e. The number of methoxy groups -OCH3 is 2. The van der Waals surface area contributed by atoms with Gasteiger partial charge in [0.15, 0.2) is 0 Å². The molecule has 0 saturated carbocycles. The standard InChI is InChI=1S/C31H37BrN4O4/c1-21-10-9-11-27(35-16-7-6-8-17-35)30(21)36(23-12-14-24(39-4)15-13-23)33-29(37)19-22-18-28(40-5)25(20-26(22)32)31(38)34(2)3/h9-15,18,20H,6-8,16-17,19H2,1-5H3,(H,33,37). The quantitative estimate of drug-likeness (QED) is 0.306. The third kappa shape index (κ3) is 6.53. The summed E-state index contributed by atoms with van der Waals surface area (Å²) in [5.41, 5.74) is 8.19. The molecule has 4 rings (SSSR count). The fraction of sp³-hybridized carbons (Fsp3) is 0.355. The lowest BCUT2D eigenvalue weighted by molar-refractivity contribution is -0.120. The Labute approximate surface area is 245 Å². The fourth-order valence-corrected chi connectivity index (χ4v) is 5.43. The molecule has 0 atom stereocenters. The van der Waals surface area contributed by atoms with Gasteiger partial charge in [-0.2, -0.15) is 0 Å². The minimum absolute atomic E-state index is 0.0744. The van der Waals surface area contributed by atoms with Crippen molar-refractivity contribution in [3.63, 3.8) is 0 Å². The van der Waals surface area contributed by atoms with E-state index in [1.54, 1.807) is 33.3 Å². The number of para-hydroxylation sites is 1. The van der Waals surface area contributed by atoms with E-state index in [-0.39, 0.29) is 18.2 Å². The lowest BCUT2D eigenvalue weighted by atomic mass is 10.1. The number of halogens is 1. The number of rotatable bonds is 9. The Morgan fingerprint density at radius 3 is 2.30 bits per heavy atom. The summed E-state index contributed by atoms with van der Waals surface area (Å²) in [5.74, 6) is 0.768. The number of hydrazine groups is 1. The predicted octanol–water partition coefficient (Wildman–Crippen LogP) is 5.88. The van der Waals surface area contributed by atoms with Gasteiger partial charge in [-0.25, -0.2) is 0 Å². The molecule has 212 valence electrons. The van der Waals surface area contributed by atoms with Gasteiger partial charge in [0.1, 0.15) is 11.5 Å². The highest BCUT2D eigenvalue weighted by Crippen LogP contribution is 2.38. The number of piperidine rings is 1. The Morgan fingerprint density at radius 1 is 0.975 bits per heavy atom. The van der Waals surface area contributed by atoms with E-state index in [0.717, 1.165) is 54.3 Å². The second-order valence-electron chi connectivity index (χ2n) is 10.1. The van der Waals surface area contributed by atoms with Crippen molar-refractivity contribution in [1.82, 2.24) is 10.3 Å². The Bertz CT molecular complexity index is 1350. The van der Waals surface area contributed by atoms with Crippen LogP contribution in [0.15, 0.2) is 59.1 Å². The number of nitrogens with zero attached hydrogens (tertiary/aromatic N) is 3. The van der Waals surface area contributed by atoms with Crippen molar-refractivity contribution in [3.05, 3.63) is 75.8 Å². The smallest absolute Gasteiger partial charge is 0.257 e. The molecule has 1 saturated heterocycles. The third-order valence-corrected chi connectivity index (χ3v) is 7.80. The summed E-state index contributed by atoms with van der Waals surface area (Å²) in [6, 6.07) is 17.3. The largest absolute Gasteiger partial charge is 0.497 e. The van der Waals surface area contributed by atoms with E-state index in [0.29, 0.717) is 21.3 Å². The number of hydrogen-bond donors (Lipinski definition) is 1. The Morgan fingerprint density at radius 2 is 1.68 bits per heavy atom. The van der Waals surface area contributed by atoms with Crippen LogP contribution in [-0.2, 0) is 11.2 Å². The fourth-order valence-electron chi connectivity index (χ4n) is 4.95. The number of aryl methyl sites for hydroxylation is 1. The number of amides is 2. The van der Waals surface area contributed by atoms with Crippen LogP contribution in [0.2, 0.25) is 0 Å². The summed E-state index contributed by atoms with van der Waals surface area (Å²) >= 11 is 3.56. The van der Waals surface area contributed by atoms with E-state index >= 15 is 0 Å². The highest BCUT2D eigenvalue weighted by atomic mass is 79.9. The van der Waals surface area contributed by atoms with E-state index in [1.807, 2.05) is 29.3 Å². The van der Waals surface area contributed by atoms with Crippen LogP contribution >= 0.6 is 15.9 Å². The lowest BCUT2D eigenvalue weighted by Crippen LogP contribution is -2.41. The number of benzene rings is 3. The summed E-state index contributed by atoms with van der Waals surface area (Å²) in [6.07, 6.45) is 3.59. The normalized spacial score (nSPS) is 13.0. The summed E-state index contributed by atoms with van der Waals surface area (Å²) in [5, 5.41) is 1.87. The van der Waals surface area contributed by atoms with Gasteiger partial charge in [-0.1, -0.05) is 28.1 Å². The van der Waals surface area contributed by atoms with Gasteiger partial charge in [-0.15, -0.1) is 0 Å². The van der Waals surface area contributed by atoms with E-state index in [2.05, 4.69) is 51.4 Å². The van der Waals surface area contributed by atoms with Crippen molar-refractivity contribution in [1.29, 1.82) is 0 Å². The molecule has 8 nitrogen and oxygen atoms in total. The van der Waals surface area contributed by atoms with Crippen LogP contribution in [0.1, 0.15) is 40.7 Å². The van der Waals surface area contributed by atoms with Crippen molar-refractivity contribution in [2.75, 3.05) is 51.3 Å². The zero-order chi connectivity index (χ0) is 28.8. The molecule has 1 heterocycles. The lowest BCUT2D eigenvalue weighted by Gasteiger charge is -2.35. The molecule has 0 unspecified atom stereocenters. The molecule has 40 heavy (non-hydrogen) atoms. The first-order valence-corrected chi connectivity index (χ1v) is 14.2. The average molecular weight is 610 g/mol. The van der Waals surface area contributed by atoms with E-state index < -0.39 is 0 Å². The van der Waals surface area contributed by atoms with Crippen molar-refractivity contribution in [2.45, 2.75) is 32.6 Å². The van der Waals surface area contributed by atoms with Gasteiger partial charge in [0.2, 0.25) is 5.91 Å². The van der Waals surface area contributed by atoms with Crippen LogP contribution in [0.25, 0.3) is 0 Å². The van der Waals surface area contributed by atoms with Gasteiger partial charge in [0.05, 0.1) is 43.3 Å². The van der Waals surface area contributed by atoms with Crippen LogP contribution in [0.5, 0.6) is 11.5 Å². The number of carbonyl (C=O) groups excluding carboxylic acids is 2. The maximum absolute atomic E-state index is 13.6. The molecule has 3 aromatic carbocycles. The monoisotopic (exact) mass is 608 g/mol. The molecule has 1 fully saturated rings. The molecule has 0 aromatic heterocycles. The van der Waals surface area contributed by atoms with Gasteiger partial charge in [-0.3, -0.25) is 20.0 Å². The molecule has 0 spiro atoms. The van der Waals surface area contributed by atoms with Crippen molar-refractivity contribution < 1.29 is 19.1 Å². The SMILES string of the molecule is COc1ccc(N(NC(=O)Cc2cc(OC)c(C(=O)N(C)C)cc2Br)c2c(C)cccc2N2CCCCC2)cc1. The highest BCUT2D eigenvalue weighted by molar-refractivity contribution is 9.10. The van der Waals surface area contributed by atoms with Crippen LogP contribution in [0.4, 0.5) is 17.1 Å². The van der Waals surface area contributed by atoms with Crippen LogP contribution in [0.3, 0.4) is 0 Å². The zero-order valence-electron chi connectivity index (χ0n) is 23.8. The number of anilines is 3. The number of ether oxygens (including phenoxy) is 2. The predicted molar refractivity (Wildman–Crippen MR) is 163 cm³/mol. The highest BCUT2D eigenvalue weighted by Gasteiger charge is 2.24. The van der Waals surface area contributed by atoms with Gasteiger partial charge in [-0.05, 0) is 79.8 Å². The molecule has 1 aliphatic rings. The van der Waals surface area contributed by atoms with Crippen molar-refractivity contribution >= 4 is 44.8 Å². The number of carbonyl (C=O) groups is 2. The molecule has 3 aromatic rings. The van der Waals surface area contributed by atoms with Crippen molar-refractivity contribution in [2.24, 2.45) is 0 Å². The minimum Gasteiger partial charge on any atom is -0.497 e. The molecular weight excluding hydrogens is 572 g/mol. The molecule has 0 bridgehead atoms. The van der Waals surface area contributed by atoms with Crippen LogP contribution in [0, 0.1) is 6.92 Å². The number of hydrogen-bond acceptors (Lipinski definition) is 6. The van der Waals surface area contributed by atoms with E-state index in [4.69, 9.17) is 9.47 Å². The average Bonchev–Trinajstić information content (AvgIpc) is 2.97. The Kier molecular flexibility index (Phi) is 9.58. The van der Waals surface area contributed by atoms with Gasteiger partial charge < -0.3 is 19.3 Å². The van der Waals surface area contributed by atoms with Crippen LogP contribution in [-0.4, -0.2) is 58.1 Å². The molecular formula is C31H37BrN4O4. The van der Waals surface area contributed by atoms with E-state index in [1.165, 1.54) is 18.4 Å². The van der Waals surface area contributed by atoms with Crippen LogP contribution < -0.4 is 24.8 Å². The van der Waals surface area contributed by atoms with Gasteiger partial charge in [0, 0.05) is 31.7 Å². The Hall–Kier alpha value is -3.72. The summed E-state index contributed by atoms with van der Waals surface area (Å²) < 4.78 is 11.5. The molecule has 1 aliphatic heterocycles.